The predicted molar refractivity (Wildman–Crippen MR) is 92.7 cm³/mol. The Hall–Kier alpha value is -2.45. The lowest BCUT2D eigenvalue weighted by molar-refractivity contribution is 0.0956. The van der Waals surface area contributed by atoms with Crippen LogP contribution in [0.1, 0.15) is 17.3 Å². The van der Waals surface area contributed by atoms with Crippen molar-refractivity contribution in [2.75, 3.05) is 18.9 Å². The lowest BCUT2D eigenvalue weighted by Gasteiger charge is -2.07. The summed E-state index contributed by atoms with van der Waals surface area (Å²) >= 11 is 1.65. The molecule has 0 bridgehead atoms. The van der Waals surface area contributed by atoms with Crippen LogP contribution < -0.4 is 10.1 Å². The Morgan fingerprint density at radius 2 is 2.13 bits per heavy atom. The van der Waals surface area contributed by atoms with E-state index >= 15 is 0 Å². The minimum Gasteiger partial charge on any atom is -0.479 e. The zero-order chi connectivity index (χ0) is 16.3. The molecule has 118 valence electrons. The zero-order valence-corrected chi connectivity index (χ0v) is 13.7. The summed E-state index contributed by atoms with van der Waals surface area (Å²) in [5, 5.41) is 2.80. The second kappa shape index (κ2) is 9.54. The molecule has 1 amide bonds. The summed E-state index contributed by atoms with van der Waals surface area (Å²) in [6.45, 7) is 2.62. The number of aromatic nitrogens is 1. The van der Waals surface area contributed by atoms with Gasteiger partial charge < -0.3 is 10.1 Å². The molecule has 4 nitrogen and oxygen atoms in total. The summed E-state index contributed by atoms with van der Waals surface area (Å²) in [4.78, 5) is 17.1. The molecule has 0 atom stereocenters. The lowest BCUT2D eigenvalue weighted by Crippen LogP contribution is -2.24. The number of amides is 1. The summed E-state index contributed by atoms with van der Waals surface area (Å²) in [6, 6.07) is 11.2. The van der Waals surface area contributed by atoms with Crippen LogP contribution in [0, 0.1) is 11.8 Å². The molecule has 23 heavy (non-hydrogen) atoms. The zero-order valence-electron chi connectivity index (χ0n) is 12.9. The van der Waals surface area contributed by atoms with Gasteiger partial charge in [0.05, 0.1) is 18.3 Å². The van der Waals surface area contributed by atoms with Gasteiger partial charge in [-0.05, 0) is 30.0 Å². The first-order chi connectivity index (χ1) is 11.3. The average molecular weight is 326 g/mol. The topological polar surface area (TPSA) is 51.2 Å². The SMILES string of the molecule is CCSc1ccccc1C(=O)NCC#CCOc1cccnc1. The maximum absolute atomic E-state index is 12.2. The molecule has 0 aliphatic rings. The van der Waals surface area contributed by atoms with Crippen LogP contribution in [0.4, 0.5) is 0 Å². The quantitative estimate of drug-likeness (QED) is 0.655. The molecular weight excluding hydrogens is 308 g/mol. The van der Waals surface area contributed by atoms with E-state index < -0.39 is 0 Å². The van der Waals surface area contributed by atoms with E-state index in [0.29, 0.717) is 17.9 Å². The predicted octanol–water partition coefficient (Wildman–Crippen LogP) is 3.01. The fourth-order valence-electron chi connectivity index (χ4n) is 1.82. The third kappa shape index (κ3) is 5.68. The molecule has 0 saturated carbocycles. The summed E-state index contributed by atoms with van der Waals surface area (Å²) in [5.41, 5.74) is 0.688. The number of carbonyl (C=O) groups excluding carboxylic acids is 1. The minimum atomic E-state index is -0.107. The molecular formula is C18H18N2O2S. The highest BCUT2D eigenvalue weighted by Gasteiger charge is 2.09. The van der Waals surface area contributed by atoms with Gasteiger partial charge in [0.25, 0.3) is 5.91 Å². The molecule has 1 N–H and O–H groups in total. The van der Waals surface area contributed by atoms with Gasteiger partial charge in [-0.2, -0.15) is 0 Å². The summed E-state index contributed by atoms with van der Waals surface area (Å²) in [6.07, 6.45) is 3.31. The fraction of sp³-hybridized carbons (Fsp3) is 0.222. The molecule has 1 aromatic carbocycles. The first kappa shape index (κ1) is 16.9. The van der Waals surface area contributed by atoms with Gasteiger partial charge in [0.1, 0.15) is 12.4 Å². The average Bonchev–Trinajstić information content (AvgIpc) is 2.59. The van der Waals surface area contributed by atoms with Crippen LogP contribution in [0.25, 0.3) is 0 Å². The van der Waals surface area contributed by atoms with Gasteiger partial charge in [-0.15, -0.1) is 11.8 Å². The number of nitrogens with one attached hydrogen (secondary N) is 1. The Balaban J connectivity index is 1.78. The number of carbonyl (C=O) groups is 1. The van der Waals surface area contributed by atoms with E-state index in [9.17, 15) is 4.79 Å². The molecule has 0 saturated heterocycles. The maximum atomic E-state index is 12.2. The number of benzene rings is 1. The molecule has 0 aliphatic heterocycles. The standard InChI is InChI=1S/C18H18N2O2S/c1-2-23-17-10-4-3-9-16(17)18(21)20-12-5-6-13-22-15-8-7-11-19-14-15/h3-4,7-11,14H,2,12-13H2,1H3,(H,20,21). The van der Waals surface area contributed by atoms with Crippen molar-refractivity contribution < 1.29 is 9.53 Å². The lowest BCUT2D eigenvalue weighted by atomic mass is 10.2. The molecule has 0 aliphatic carbocycles. The second-order valence-electron chi connectivity index (χ2n) is 4.44. The van der Waals surface area contributed by atoms with E-state index in [1.165, 1.54) is 0 Å². The van der Waals surface area contributed by atoms with Gasteiger partial charge in [0.2, 0.25) is 0 Å². The van der Waals surface area contributed by atoms with Crippen molar-refractivity contribution >= 4 is 17.7 Å². The Morgan fingerprint density at radius 3 is 2.91 bits per heavy atom. The largest absolute Gasteiger partial charge is 0.479 e. The van der Waals surface area contributed by atoms with E-state index in [1.807, 2.05) is 30.3 Å². The number of hydrogen-bond acceptors (Lipinski definition) is 4. The van der Waals surface area contributed by atoms with E-state index in [-0.39, 0.29) is 12.5 Å². The van der Waals surface area contributed by atoms with Gasteiger partial charge in [-0.3, -0.25) is 9.78 Å². The van der Waals surface area contributed by atoms with Gasteiger partial charge >= 0.3 is 0 Å². The Kier molecular flexibility index (Phi) is 7.02. The van der Waals surface area contributed by atoms with Gasteiger partial charge in [0.15, 0.2) is 0 Å². The maximum Gasteiger partial charge on any atom is 0.253 e. The molecule has 2 rings (SSSR count). The van der Waals surface area contributed by atoms with Crippen molar-refractivity contribution in [2.45, 2.75) is 11.8 Å². The minimum absolute atomic E-state index is 0.107. The van der Waals surface area contributed by atoms with Crippen LogP contribution >= 0.6 is 11.8 Å². The Morgan fingerprint density at radius 1 is 1.26 bits per heavy atom. The highest BCUT2D eigenvalue weighted by Crippen LogP contribution is 2.21. The van der Waals surface area contributed by atoms with Crippen molar-refractivity contribution in [3.63, 3.8) is 0 Å². The smallest absolute Gasteiger partial charge is 0.253 e. The first-order valence-electron chi connectivity index (χ1n) is 7.30. The number of pyridine rings is 1. The summed E-state index contributed by atoms with van der Waals surface area (Å²) < 4.78 is 5.40. The van der Waals surface area contributed by atoms with Gasteiger partial charge in [0, 0.05) is 11.1 Å². The third-order valence-electron chi connectivity index (χ3n) is 2.84. The molecule has 0 radical (unpaired) electrons. The van der Waals surface area contributed by atoms with Crippen LogP contribution in [0.3, 0.4) is 0 Å². The molecule has 0 unspecified atom stereocenters. The number of ether oxygens (including phenoxy) is 1. The monoisotopic (exact) mass is 326 g/mol. The number of rotatable bonds is 6. The van der Waals surface area contributed by atoms with Crippen molar-refractivity contribution in [2.24, 2.45) is 0 Å². The highest BCUT2D eigenvalue weighted by molar-refractivity contribution is 7.99. The van der Waals surface area contributed by atoms with Crippen molar-refractivity contribution in [1.82, 2.24) is 10.3 Å². The molecule has 0 spiro atoms. The Labute approximate surface area is 140 Å². The van der Waals surface area contributed by atoms with Crippen LogP contribution in [0.2, 0.25) is 0 Å². The van der Waals surface area contributed by atoms with E-state index in [2.05, 4.69) is 29.1 Å². The van der Waals surface area contributed by atoms with Gasteiger partial charge in [-0.1, -0.05) is 30.9 Å². The summed E-state index contributed by atoms with van der Waals surface area (Å²) in [7, 11) is 0. The van der Waals surface area contributed by atoms with Crippen LogP contribution in [-0.4, -0.2) is 29.8 Å². The molecule has 1 aromatic heterocycles. The van der Waals surface area contributed by atoms with Crippen LogP contribution in [-0.2, 0) is 0 Å². The van der Waals surface area contributed by atoms with Crippen molar-refractivity contribution in [3.05, 3.63) is 54.4 Å². The third-order valence-corrected chi connectivity index (χ3v) is 3.79. The number of hydrogen-bond donors (Lipinski definition) is 1. The van der Waals surface area contributed by atoms with E-state index in [1.54, 1.807) is 30.2 Å². The normalized spacial score (nSPS) is 9.61. The Bertz CT molecular complexity index is 693. The molecule has 5 heteroatoms. The van der Waals surface area contributed by atoms with E-state index in [4.69, 9.17) is 4.74 Å². The van der Waals surface area contributed by atoms with Crippen LogP contribution in [0.5, 0.6) is 5.75 Å². The molecule has 2 aromatic rings. The fourth-order valence-corrected chi connectivity index (χ4v) is 2.62. The second-order valence-corrected chi connectivity index (χ2v) is 5.75. The number of nitrogens with zero attached hydrogens (tertiary/aromatic N) is 1. The van der Waals surface area contributed by atoms with Crippen LogP contribution in [0.15, 0.2) is 53.7 Å². The van der Waals surface area contributed by atoms with Gasteiger partial charge in [-0.25, -0.2) is 0 Å². The molecule has 0 fully saturated rings. The highest BCUT2D eigenvalue weighted by atomic mass is 32.2. The van der Waals surface area contributed by atoms with Crippen molar-refractivity contribution in [3.8, 4) is 17.6 Å². The van der Waals surface area contributed by atoms with Crippen molar-refractivity contribution in [1.29, 1.82) is 0 Å². The van der Waals surface area contributed by atoms with E-state index in [0.717, 1.165) is 10.6 Å². The first-order valence-corrected chi connectivity index (χ1v) is 8.28. The number of thioether (sulfide) groups is 1. The molecule has 1 heterocycles. The summed E-state index contributed by atoms with van der Waals surface area (Å²) in [5.74, 6) is 7.23.